The Labute approximate surface area is 124 Å². The summed E-state index contributed by atoms with van der Waals surface area (Å²) in [6.07, 6.45) is 0. The molecule has 1 atom stereocenters. The van der Waals surface area contributed by atoms with E-state index in [0.29, 0.717) is 0 Å². The molecular weight excluding hydrogens is 269 g/mol. The third kappa shape index (κ3) is 3.10. The zero-order valence-electron chi connectivity index (χ0n) is 12.8. The molecule has 0 saturated heterocycles. The SMILES string of the molecule is CNC(c1ccc(C(C)(C)C)s1)c1cc(F)ccc1C. The van der Waals surface area contributed by atoms with E-state index in [1.54, 1.807) is 17.4 Å². The maximum absolute atomic E-state index is 13.5. The monoisotopic (exact) mass is 291 g/mol. The highest BCUT2D eigenvalue weighted by Crippen LogP contribution is 2.35. The minimum atomic E-state index is -0.182. The highest BCUT2D eigenvalue weighted by Gasteiger charge is 2.21. The van der Waals surface area contributed by atoms with Crippen molar-refractivity contribution >= 4 is 11.3 Å². The molecule has 3 heteroatoms. The van der Waals surface area contributed by atoms with Crippen molar-refractivity contribution in [2.45, 2.75) is 39.2 Å². The Morgan fingerprint density at radius 1 is 1.15 bits per heavy atom. The number of halogens is 1. The summed E-state index contributed by atoms with van der Waals surface area (Å²) in [5.74, 6) is -0.182. The molecule has 1 aromatic carbocycles. The predicted molar refractivity (Wildman–Crippen MR) is 85.1 cm³/mol. The Hall–Kier alpha value is -1.19. The number of rotatable bonds is 3. The smallest absolute Gasteiger partial charge is 0.123 e. The van der Waals surface area contributed by atoms with Gasteiger partial charge in [-0.15, -0.1) is 11.3 Å². The molecule has 0 spiro atoms. The molecule has 1 heterocycles. The van der Waals surface area contributed by atoms with E-state index in [1.807, 2.05) is 20.0 Å². The van der Waals surface area contributed by atoms with Crippen LogP contribution in [0.1, 0.15) is 47.7 Å². The van der Waals surface area contributed by atoms with Crippen LogP contribution in [0, 0.1) is 12.7 Å². The molecule has 1 aromatic heterocycles. The number of thiophene rings is 1. The molecule has 2 aromatic rings. The van der Waals surface area contributed by atoms with E-state index in [0.717, 1.165) is 11.1 Å². The van der Waals surface area contributed by atoms with Gasteiger partial charge in [0.25, 0.3) is 0 Å². The first-order chi connectivity index (χ1) is 9.32. The quantitative estimate of drug-likeness (QED) is 0.856. The van der Waals surface area contributed by atoms with Crippen molar-refractivity contribution in [3.8, 4) is 0 Å². The molecule has 1 N–H and O–H groups in total. The lowest BCUT2D eigenvalue weighted by Gasteiger charge is -2.19. The first-order valence-corrected chi connectivity index (χ1v) is 7.68. The molecule has 108 valence electrons. The van der Waals surface area contributed by atoms with E-state index in [4.69, 9.17) is 0 Å². The van der Waals surface area contributed by atoms with Gasteiger partial charge >= 0.3 is 0 Å². The highest BCUT2D eigenvalue weighted by atomic mass is 32.1. The van der Waals surface area contributed by atoms with E-state index in [9.17, 15) is 4.39 Å². The number of benzene rings is 1. The lowest BCUT2D eigenvalue weighted by atomic mass is 9.95. The van der Waals surface area contributed by atoms with E-state index >= 15 is 0 Å². The summed E-state index contributed by atoms with van der Waals surface area (Å²) < 4.78 is 13.5. The Kier molecular flexibility index (Phi) is 4.31. The summed E-state index contributed by atoms with van der Waals surface area (Å²) in [6.45, 7) is 8.66. The Morgan fingerprint density at radius 3 is 2.40 bits per heavy atom. The number of aryl methyl sites for hydroxylation is 1. The molecule has 0 aliphatic carbocycles. The van der Waals surface area contributed by atoms with Crippen LogP contribution in [-0.4, -0.2) is 7.05 Å². The summed E-state index contributed by atoms with van der Waals surface area (Å²) in [4.78, 5) is 2.58. The zero-order valence-corrected chi connectivity index (χ0v) is 13.6. The van der Waals surface area contributed by atoms with Crippen LogP contribution in [0.5, 0.6) is 0 Å². The Morgan fingerprint density at radius 2 is 1.85 bits per heavy atom. The van der Waals surface area contributed by atoms with Gasteiger partial charge in [-0.2, -0.15) is 0 Å². The third-order valence-corrected chi connectivity index (χ3v) is 5.07. The topological polar surface area (TPSA) is 12.0 Å². The minimum absolute atomic E-state index is 0.0480. The lowest BCUT2D eigenvalue weighted by molar-refractivity contribution is 0.604. The predicted octanol–water partition coefficient (Wildman–Crippen LogP) is 4.80. The average molecular weight is 291 g/mol. The standard InChI is InChI=1S/C17H22FNS/c1-11-6-7-12(18)10-13(11)16(19-5)14-8-9-15(20-14)17(2,3)4/h6-10,16,19H,1-5H3. The molecular formula is C17H22FNS. The van der Waals surface area contributed by atoms with Crippen molar-refractivity contribution in [3.63, 3.8) is 0 Å². The van der Waals surface area contributed by atoms with Gasteiger partial charge in [0, 0.05) is 9.75 Å². The fourth-order valence-corrected chi connectivity index (χ4v) is 3.48. The minimum Gasteiger partial charge on any atom is -0.309 e. The van der Waals surface area contributed by atoms with E-state index in [2.05, 4.69) is 38.2 Å². The molecule has 0 saturated carbocycles. The number of hydrogen-bond acceptors (Lipinski definition) is 2. The van der Waals surface area contributed by atoms with Gasteiger partial charge in [-0.3, -0.25) is 0 Å². The van der Waals surface area contributed by atoms with Gasteiger partial charge in [-0.1, -0.05) is 26.8 Å². The van der Waals surface area contributed by atoms with Gasteiger partial charge in [-0.25, -0.2) is 4.39 Å². The van der Waals surface area contributed by atoms with Gasteiger partial charge < -0.3 is 5.32 Å². The van der Waals surface area contributed by atoms with E-state index in [-0.39, 0.29) is 17.3 Å². The largest absolute Gasteiger partial charge is 0.309 e. The highest BCUT2D eigenvalue weighted by molar-refractivity contribution is 7.12. The maximum Gasteiger partial charge on any atom is 0.123 e. The third-order valence-electron chi connectivity index (χ3n) is 3.49. The summed E-state index contributed by atoms with van der Waals surface area (Å²) in [5.41, 5.74) is 2.27. The summed E-state index contributed by atoms with van der Waals surface area (Å²) in [6, 6.07) is 9.36. The lowest BCUT2D eigenvalue weighted by Crippen LogP contribution is -2.17. The Bertz CT molecular complexity index is 595. The van der Waals surface area contributed by atoms with Crippen molar-refractivity contribution in [1.82, 2.24) is 5.32 Å². The average Bonchev–Trinajstić information content (AvgIpc) is 2.84. The van der Waals surface area contributed by atoms with Crippen molar-refractivity contribution in [2.75, 3.05) is 7.05 Å². The second kappa shape index (κ2) is 5.66. The summed E-state index contributed by atoms with van der Waals surface area (Å²) in [5, 5.41) is 3.31. The Balaban J connectivity index is 2.42. The fraction of sp³-hybridized carbons (Fsp3) is 0.412. The fourth-order valence-electron chi connectivity index (χ4n) is 2.28. The van der Waals surface area contributed by atoms with Crippen molar-refractivity contribution in [1.29, 1.82) is 0 Å². The van der Waals surface area contributed by atoms with Gasteiger partial charge in [0.05, 0.1) is 6.04 Å². The maximum atomic E-state index is 13.5. The van der Waals surface area contributed by atoms with E-state index < -0.39 is 0 Å². The molecule has 0 fully saturated rings. The van der Waals surface area contributed by atoms with Crippen molar-refractivity contribution < 1.29 is 4.39 Å². The number of nitrogens with one attached hydrogen (secondary N) is 1. The molecule has 2 rings (SSSR count). The first-order valence-electron chi connectivity index (χ1n) is 6.86. The molecule has 1 unspecified atom stereocenters. The van der Waals surface area contributed by atoms with Gasteiger partial charge in [0.15, 0.2) is 0 Å². The molecule has 0 bridgehead atoms. The number of hydrogen-bond donors (Lipinski definition) is 1. The van der Waals surface area contributed by atoms with Crippen LogP contribution in [0.4, 0.5) is 4.39 Å². The second-order valence-electron chi connectivity index (χ2n) is 6.17. The van der Waals surface area contributed by atoms with Crippen LogP contribution < -0.4 is 5.32 Å². The normalized spacial score (nSPS) is 13.5. The molecule has 1 nitrogen and oxygen atoms in total. The van der Waals surface area contributed by atoms with Gasteiger partial charge in [0.2, 0.25) is 0 Å². The van der Waals surface area contributed by atoms with Crippen LogP contribution >= 0.6 is 11.3 Å². The van der Waals surface area contributed by atoms with Crippen LogP contribution in [0.3, 0.4) is 0 Å². The van der Waals surface area contributed by atoms with Gasteiger partial charge in [-0.05, 0) is 54.8 Å². The molecule has 0 aliphatic rings. The van der Waals surface area contributed by atoms with Crippen LogP contribution in [0.15, 0.2) is 30.3 Å². The summed E-state index contributed by atoms with van der Waals surface area (Å²) >= 11 is 1.80. The molecule has 20 heavy (non-hydrogen) atoms. The van der Waals surface area contributed by atoms with Crippen LogP contribution in [-0.2, 0) is 5.41 Å². The second-order valence-corrected chi connectivity index (χ2v) is 7.29. The molecule has 0 amide bonds. The summed E-state index contributed by atoms with van der Waals surface area (Å²) in [7, 11) is 1.92. The zero-order chi connectivity index (χ0) is 14.9. The molecule has 0 radical (unpaired) electrons. The van der Waals surface area contributed by atoms with Crippen LogP contribution in [0.2, 0.25) is 0 Å². The first kappa shape index (κ1) is 15.2. The molecule has 0 aliphatic heterocycles. The van der Waals surface area contributed by atoms with E-state index in [1.165, 1.54) is 15.8 Å². The van der Waals surface area contributed by atoms with Crippen LogP contribution in [0.25, 0.3) is 0 Å². The van der Waals surface area contributed by atoms with Crippen molar-refractivity contribution in [2.24, 2.45) is 0 Å². The van der Waals surface area contributed by atoms with Crippen molar-refractivity contribution in [3.05, 3.63) is 57.0 Å². The van der Waals surface area contributed by atoms with Gasteiger partial charge in [0.1, 0.15) is 5.82 Å².